The molecule has 3 unspecified atom stereocenters. The average molecular weight is 356 g/mol. The Morgan fingerprint density at radius 2 is 1.85 bits per heavy atom. The number of carbonyl (C=O) groups is 1. The number of nitrogens with zero attached hydrogens (tertiary/aromatic N) is 1. The third-order valence-electron chi connectivity index (χ3n) is 6.56. The third-order valence-corrected chi connectivity index (χ3v) is 6.56. The molecule has 26 heavy (non-hydrogen) atoms. The summed E-state index contributed by atoms with van der Waals surface area (Å²) < 4.78 is 0. The normalized spacial score (nSPS) is 31.2. The summed E-state index contributed by atoms with van der Waals surface area (Å²) >= 11 is 0. The summed E-state index contributed by atoms with van der Waals surface area (Å²) in [6.45, 7) is 4.29. The van der Waals surface area contributed by atoms with Crippen molar-refractivity contribution in [2.75, 3.05) is 26.2 Å². The van der Waals surface area contributed by atoms with E-state index >= 15 is 0 Å². The lowest BCUT2D eigenvalue weighted by Gasteiger charge is -2.28. The summed E-state index contributed by atoms with van der Waals surface area (Å²) in [5.74, 6) is 1.50. The molecule has 0 aromatic heterocycles. The first-order valence-corrected chi connectivity index (χ1v) is 10.5. The number of hydrogen-bond acceptors (Lipinski definition) is 3. The molecular weight excluding hydrogens is 322 g/mol. The molecule has 4 heteroatoms. The van der Waals surface area contributed by atoms with E-state index in [9.17, 15) is 4.79 Å². The van der Waals surface area contributed by atoms with Crippen LogP contribution in [0.2, 0.25) is 0 Å². The largest absolute Gasteiger partial charge is 0.356 e. The minimum absolute atomic E-state index is 0.277. The second-order valence-electron chi connectivity index (χ2n) is 8.67. The van der Waals surface area contributed by atoms with Gasteiger partial charge in [-0.05, 0) is 62.5 Å². The van der Waals surface area contributed by atoms with Gasteiger partial charge in [-0.3, -0.25) is 4.79 Å². The van der Waals surface area contributed by atoms with Crippen molar-refractivity contribution in [3.05, 3.63) is 35.9 Å². The first-order chi connectivity index (χ1) is 12.7. The minimum Gasteiger partial charge on any atom is -0.356 e. The molecule has 4 nitrogen and oxygen atoms in total. The second-order valence-corrected chi connectivity index (χ2v) is 8.67. The molecule has 2 bridgehead atoms. The van der Waals surface area contributed by atoms with Gasteiger partial charge in [0.1, 0.15) is 0 Å². The first kappa shape index (κ1) is 18.0. The minimum atomic E-state index is 0.277. The number of likely N-dealkylation sites (tertiary alicyclic amines) is 1. The fourth-order valence-corrected chi connectivity index (χ4v) is 5.15. The van der Waals surface area contributed by atoms with Gasteiger partial charge >= 0.3 is 0 Å². The van der Waals surface area contributed by atoms with E-state index in [1.165, 1.54) is 44.2 Å². The van der Waals surface area contributed by atoms with Crippen LogP contribution in [0.1, 0.15) is 44.1 Å². The molecule has 3 saturated heterocycles. The second kappa shape index (κ2) is 8.53. The van der Waals surface area contributed by atoms with Gasteiger partial charge in [0.25, 0.3) is 0 Å². The van der Waals surface area contributed by atoms with E-state index < -0.39 is 0 Å². The molecule has 3 fully saturated rings. The summed E-state index contributed by atoms with van der Waals surface area (Å²) in [5.41, 5.74) is 1.42. The maximum atomic E-state index is 12.3. The van der Waals surface area contributed by atoms with Crippen LogP contribution in [0.3, 0.4) is 0 Å². The van der Waals surface area contributed by atoms with Crippen LogP contribution in [0, 0.1) is 11.8 Å². The summed E-state index contributed by atoms with van der Waals surface area (Å²) in [7, 11) is 0. The lowest BCUT2D eigenvalue weighted by Crippen LogP contribution is -2.40. The molecule has 1 aromatic carbocycles. The SMILES string of the molecule is O=C(CC1CC2CCC(C1)N2)NCC1CCN(CCc2ccccc2)C1. The Bertz CT molecular complexity index is 578. The zero-order valence-electron chi connectivity index (χ0n) is 15.8. The summed E-state index contributed by atoms with van der Waals surface area (Å²) in [4.78, 5) is 14.9. The number of benzene rings is 1. The zero-order chi connectivity index (χ0) is 17.8. The Morgan fingerprint density at radius 3 is 2.62 bits per heavy atom. The number of carbonyl (C=O) groups excluding carboxylic acids is 1. The van der Waals surface area contributed by atoms with E-state index in [2.05, 4.69) is 45.9 Å². The lowest BCUT2D eigenvalue weighted by atomic mass is 9.89. The Hall–Kier alpha value is -1.39. The molecule has 0 aliphatic carbocycles. The van der Waals surface area contributed by atoms with Gasteiger partial charge in [0.05, 0.1) is 0 Å². The van der Waals surface area contributed by atoms with E-state index in [-0.39, 0.29) is 5.91 Å². The maximum absolute atomic E-state index is 12.3. The summed E-state index contributed by atoms with van der Waals surface area (Å²) in [5, 5.41) is 6.89. The van der Waals surface area contributed by atoms with Crippen LogP contribution in [0.5, 0.6) is 0 Å². The van der Waals surface area contributed by atoms with E-state index in [4.69, 9.17) is 0 Å². The summed E-state index contributed by atoms with van der Waals surface area (Å²) in [6, 6.07) is 12.1. The molecule has 1 amide bonds. The van der Waals surface area contributed by atoms with Crippen molar-refractivity contribution in [2.45, 2.75) is 57.0 Å². The lowest BCUT2D eigenvalue weighted by molar-refractivity contribution is -0.122. The van der Waals surface area contributed by atoms with Crippen molar-refractivity contribution < 1.29 is 4.79 Å². The predicted molar refractivity (Wildman–Crippen MR) is 105 cm³/mol. The van der Waals surface area contributed by atoms with Crippen LogP contribution < -0.4 is 10.6 Å². The van der Waals surface area contributed by atoms with Crippen LogP contribution >= 0.6 is 0 Å². The Labute approximate surface area is 157 Å². The molecule has 3 atom stereocenters. The van der Waals surface area contributed by atoms with Gasteiger partial charge in [0, 0.05) is 38.1 Å². The van der Waals surface area contributed by atoms with Crippen LogP contribution in [0.25, 0.3) is 0 Å². The Balaban J connectivity index is 1.12. The Kier molecular flexibility index (Phi) is 5.91. The fourth-order valence-electron chi connectivity index (χ4n) is 5.15. The van der Waals surface area contributed by atoms with Crippen LogP contribution in [0.4, 0.5) is 0 Å². The van der Waals surface area contributed by atoms with Crippen LogP contribution in [0.15, 0.2) is 30.3 Å². The van der Waals surface area contributed by atoms with Crippen LogP contribution in [-0.4, -0.2) is 49.1 Å². The fraction of sp³-hybridized carbons (Fsp3) is 0.682. The molecule has 142 valence electrons. The van der Waals surface area contributed by atoms with Crippen molar-refractivity contribution in [1.82, 2.24) is 15.5 Å². The number of rotatable bonds is 7. The van der Waals surface area contributed by atoms with Crippen LogP contribution in [-0.2, 0) is 11.2 Å². The molecule has 4 rings (SSSR count). The van der Waals surface area contributed by atoms with Gasteiger partial charge in [-0.1, -0.05) is 30.3 Å². The highest BCUT2D eigenvalue weighted by molar-refractivity contribution is 5.76. The van der Waals surface area contributed by atoms with Crippen molar-refractivity contribution in [3.8, 4) is 0 Å². The number of fused-ring (bicyclic) bond motifs is 2. The highest BCUT2D eigenvalue weighted by Gasteiger charge is 2.34. The molecule has 0 spiro atoms. The quantitative estimate of drug-likeness (QED) is 0.790. The zero-order valence-corrected chi connectivity index (χ0v) is 15.8. The molecule has 1 aromatic rings. The van der Waals surface area contributed by atoms with Gasteiger partial charge in [0.15, 0.2) is 0 Å². The van der Waals surface area contributed by atoms with Gasteiger partial charge < -0.3 is 15.5 Å². The van der Waals surface area contributed by atoms with Crippen molar-refractivity contribution in [1.29, 1.82) is 0 Å². The Morgan fingerprint density at radius 1 is 1.08 bits per heavy atom. The third kappa shape index (κ3) is 4.86. The number of hydrogen-bond donors (Lipinski definition) is 2. The van der Waals surface area contributed by atoms with E-state index in [1.54, 1.807) is 0 Å². The molecule has 3 aliphatic heterocycles. The van der Waals surface area contributed by atoms with E-state index in [0.717, 1.165) is 32.5 Å². The standard InChI is InChI=1S/C22H33N3O/c26-22(14-19-12-20-6-7-21(13-19)24-20)23-15-18-9-11-25(16-18)10-8-17-4-2-1-3-5-17/h1-5,18-21,24H,6-16H2,(H,23,26). The van der Waals surface area contributed by atoms with Gasteiger partial charge in [0.2, 0.25) is 5.91 Å². The topological polar surface area (TPSA) is 44.4 Å². The van der Waals surface area contributed by atoms with Gasteiger partial charge in [-0.15, -0.1) is 0 Å². The maximum Gasteiger partial charge on any atom is 0.220 e. The highest BCUT2D eigenvalue weighted by Crippen LogP contribution is 2.32. The van der Waals surface area contributed by atoms with Gasteiger partial charge in [-0.2, -0.15) is 0 Å². The summed E-state index contributed by atoms with van der Waals surface area (Å²) in [6.07, 6.45) is 8.08. The smallest absolute Gasteiger partial charge is 0.220 e. The number of nitrogens with one attached hydrogen (secondary N) is 2. The number of piperidine rings is 1. The first-order valence-electron chi connectivity index (χ1n) is 10.5. The van der Waals surface area contributed by atoms with E-state index in [0.29, 0.717) is 23.9 Å². The van der Waals surface area contributed by atoms with Crippen molar-refractivity contribution >= 4 is 5.91 Å². The van der Waals surface area contributed by atoms with Crippen molar-refractivity contribution in [3.63, 3.8) is 0 Å². The number of amides is 1. The monoisotopic (exact) mass is 355 g/mol. The molecule has 0 radical (unpaired) electrons. The molecule has 3 aliphatic rings. The molecule has 0 saturated carbocycles. The predicted octanol–water partition coefficient (Wildman–Crippen LogP) is 2.59. The molecule has 3 heterocycles. The molecular formula is C22H33N3O. The van der Waals surface area contributed by atoms with Gasteiger partial charge in [-0.25, -0.2) is 0 Å². The molecule has 2 N–H and O–H groups in total. The van der Waals surface area contributed by atoms with E-state index in [1.807, 2.05) is 0 Å². The highest BCUT2D eigenvalue weighted by atomic mass is 16.1. The van der Waals surface area contributed by atoms with Crippen molar-refractivity contribution in [2.24, 2.45) is 11.8 Å². The average Bonchev–Trinajstić information content (AvgIpc) is 3.25.